The highest BCUT2D eigenvalue weighted by atomic mass is 16.5. The molecule has 2 aromatic rings. The number of nitrogens with two attached hydrogens (primary N) is 1. The van der Waals surface area contributed by atoms with Crippen LogP contribution in [0.2, 0.25) is 0 Å². The quantitative estimate of drug-likeness (QED) is 0.372. The molecule has 2 fully saturated rings. The molecule has 4 aliphatic carbocycles. The number of carbonyl (C=O) groups excluding carboxylic acids is 2. The molecular weight excluding hydrogens is 500 g/mol. The van der Waals surface area contributed by atoms with Crippen LogP contribution in [-0.2, 0) is 14.3 Å². The van der Waals surface area contributed by atoms with Crippen LogP contribution in [0.25, 0.3) is 16.7 Å². The maximum atomic E-state index is 12.5. The number of nitrogens with zero attached hydrogens (tertiary/aromatic N) is 2. The number of benzene rings is 1. The number of esters is 1. The number of rotatable bonds is 6. The Morgan fingerprint density at radius 2 is 1.88 bits per heavy atom. The molecule has 0 saturated heterocycles. The van der Waals surface area contributed by atoms with Gasteiger partial charge in [-0.05, 0) is 79.7 Å². The van der Waals surface area contributed by atoms with Crippen LogP contribution in [0.4, 0.5) is 0 Å². The molecule has 2 saturated carbocycles. The minimum Gasteiger partial charge on any atom is -0.461 e. The molecular formula is C33H44N4O3. The van der Waals surface area contributed by atoms with E-state index in [4.69, 9.17) is 15.5 Å². The van der Waals surface area contributed by atoms with Crippen molar-refractivity contribution in [3.05, 3.63) is 48.3 Å². The van der Waals surface area contributed by atoms with Crippen LogP contribution in [-0.4, -0.2) is 40.1 Å². The molecule has 0 aliphatic heterocycles. The van der Waals surface area contributed by atoms with Gasteiger partial charge in [-0.15, -0.1) is 0 Å². The fourth-order valence-corrected chi connectivity index (χ4v) is 8.60. The predicted octanol–water partition coefficient (Wildman–Crippen LogP) is 5.46. The molecule has 7 heteroatoms. The molecule has 0 radical (unpaired) electrons. The normalized spacial score (nSPS) is 33.9. The number of ether oxygens (including phenoxy) is 1. The molecule has 1 heterocycles. The third-order valence-corrected chi connectivity index (χ3v) is 11.0. The summed E-state index contributed by atoms with van der Waals surface area (Å²) >= 11 is 0. The second-order valence-corrected chi connectivity index (χ2v) is 13.5. The highest BCUT2D eigenvalue weighted by Crippen LogP contribution is 2.65. The van der Waals surface area contributed by atoms with Gasteiger partial charge in [0.15, 0.2) is 0 Å². The number of imidazole rings is 1. The minimum atomic E-state index is -0.619. The number of hydrogen-bond acceptors (Lipinski definition) is 5. The summed E-state index contributed by atoms with van der Waals surface area (Å²) in [5.41, 5.74) is 11.4. The molecule has 0 bridgehead atoms. The number of carbonyl (C=O) groups is 2. The zero-order chi connectivity index (χ0) is 28.2. The Morgan fingerprint density at radius 1 is 1.10 bits per heavy atom. The zero-order valence-electron chi connectivity index (χ0n) is 24.4. The van der Waals surface area contributed by atoms with Crippen LogP contribution < -0.4 is 11.1 Å². The van der Waals surface area contributed by atoms with Crippen LogP contribution in [0, 0.1) is 34.5 Å². The van der Waals surface area contributed by atoms with Crippen molar-refractivity contribution in [3.8, 4) is 0 Å². The monoisotopic (exact) mass is 544 g/mol. The molecule has 4 aliphatic rings. The second kappa shape index (κ2) is 10.2. The molecule has 1 aromatic carbocycles. The Bertz CT molecular complexity index is 1370. The SMILES string of the molecule is CC(C)C(N)C(=O)NCC(=O)O[C@H]1CC[C@@]2(C)C(=CCC3C2CC[C@]2(C)C(n4cnc5ccccc54)=CCC32)C1. The lowest BCUT2D eigenvalue weighted by Gasteiger charge is -2.57. The van der Waals surface area contributed by atoms with E-state index in [1.165, 1.54) is 29.6 Å². The molecule has 4 unspecified atom stereocenters. The van der Waals surface area contributed by atoms with Gasteiger partial charge in [-0.2, -0.15) is 0 Å². The van der Waals surface area contributed by atoms with E-state index in [-0.39, 0.29) is 41.3 Å². The summed E-state index contributed by atoms with van der Waals surface area (Å²) in [6.07, 6.45) is 14.2. The van der Waals surface area contributed by atoms with Gasteiger partial charge < -0.3 is 20.4 Å². The second-order valence-electron chi connectivity index (χ2n) is 13.5. The Morgan fingerprint density at radius 3 is 2.67 bits per heavy atom. The molecule has 0 spiro atoms. The number of nitrogens with one attached hydrogen (secondary N) is 1. The average Bonchev–Trinajstić information content (AvgIpc) is 3.51. The van der Waals surface area contributed by atoms with Crippen molar-refractivity contribution in [3.63, 3.8) is 0 Å². The van der Waals surface area contributed by atoms with E-state index < -0.39 is 6.04 Å². The molecule has 3 N–H and O–H groups in total. The number of allylic oxidation sites excluding steroid dienone is 3. The van der Waals surface area contributed by atoms with Crippen LogP contribution in [0.15, 0.2) is 48.3 Å². The first-order chi connectivity index (χ1) is 19.1. The zero-order valence-corrected chi connectivity index (χ0v) is 24.4. The van der Waals surface area contributed by atoms with E-state index >= 15 is 0 Å². The van der Waals surface area contributed by atoms with Crippen molar-refractivity contribution in [2.24, 2.45) is 40.2 Å². The molecule has 1 aromatic heterocycles. The maximum absolute atomic E-state index is 12.5. The third-order valence-electron chi connectivity index (χ3n) is 11.0. The number of para-hydroxylation sites is 2. The van der Waals surface area contributed by atoms with Gasteiger partial charge in [0, 0.05) is 17.5 Å². The van der Waals surface area contributed by atoms with E-state index in [0.717, 1.165) is 37.6 Å². The Kier molecular flexibility index (Phi) is 6.92. The van der Waals surface area contributed by atoms with Gasteiger partial charge in [0.1, 0.15) is 19.0 Å². The Balaban J connectivity index is 1.12. The van der Waals surface area contributed by atoms with Gasteiger partial charge in [0.05, 0.1) is 17.1 Å². The first kappa shape index (κ1) is 27.3. The molecule has 40 heavy (non-hydrogen) atoms. The van der Waals surface area contributed by atoms with Gasteiger partial charge in [0.25, 0.3) is 0 Å². The Labute approximate surface area is 237 Å². The lowest BCUT2D eigenvalue weighted by molar-refractivity contribution is -0.151. The van der Waals surface area contributed by atoms with E-state index in [2.05, 4.69) is 60.1 Å². The van der Waals surface area contributed by atoms with E-state index in [9.17, 15) is 9.59 Å². The lowest BCUT2D eigenvalue weighted by Crippen LogP contribution is -2.50. The van der Waals surface area contributed by atoms with Gasteiger partial charge in [-0.1, -0.05) is 57.6 Å². The van der Waals surface area contributed by atoms with E-state index in [1.807, 2.05) is 20.2 Å². The minimum absolute atomic E-state index is 0.0177. The summed E-state index contributed by atoms with van der Waals surface area (Å²) in [5, 5.41) is 2.64. The van der Waals surface area contributed by atoms with Gasteiger partial charge in [-0.3, -0.25) is 9.59 Å². The van der Waals surface area contributed by atoms with Crippen molar-refractivity contribution in [1.82, 2.24) is 14.9 Å². The number of hydrogen-bond donors (Lipinski definition) is 2. The third kappa shape index (κ3) is 4.41. The molecule has 7 atom stereocenters. The van der Waals surface area contributed by atoms with Crippen LogP contribution in [0.1, 0.15) is 72.6 Å². The summed E-state index contributed by atoms with van der Waals surface area (Å²) in [5.74, 6) is 1.29. The van der Waals surface area contributed by atoms with Crippen molar-refractivity contribution in [2.45, 2.75) is 84.8 Å². The lowest BCUT2D eigenvalue weighted by atomic mass is 9.47. The Hall–Kier alpha value is -2.93. The van der Waals surface area contributed by atoms with Gasteiger partial charge >= 0.3 is 5.97 Å². The van der Waals surface area contributed by atoms with Crippen LogP contribution >= 0.6 is 0 Å². The fraction of sp³-hybridized carbons (Fsp3) is 0.606. The molecule has 1 amide bonds. The average molecular weight is 545 g/mol. The van der Waals surface area contributed by atoms with Gasteiger partial charge in [0.2, 0.25) is 5.91 Å². The number of amides is 1. The predicted molar refractivity (Wildman–Crippen MR) is 157 cm³/mol. The smallest absolute Gasteiger partial charge is 0.325 e. The molecule has 6 rings (SSSR count). The van der Waals surface area contributed by atoms with E-state index in [0.29, 0.717) is 17.8 Å². The fourth-order valence-electron chi connectivity index (χ4n) is 8.60. The summed E-state index contributed by atoms with van der Waals surface area (Å²) in [6.45, 7) is 8.61. The highest BCUT2D eigenvalue weighted by molar-refractivity contribution is 5.85. The maximum Gasteiger partial charge on any atom is 0.325 e. The highest BCUT2D eigenvalue weighted by Gasteiger charge is 2.57. The topological polar surface area (TPSA) is 99.2 Å². The summed E-state index contributed by atoms with van der Waals surface area (Å²) < 4.78 is 8.18. The number of aromatic nitrogens is 2. The summed E-state index contributed by atoms with van der Waals surface area (Å²) in [4.78, 5) is 29.4. The first-order valence-electron chi connectivity index (χ1n) is 15.2. The summed E-state index contributed by atoms with van der Waals surface area (Å²) in [6, 6.07) is 7.82. The number of fused-ring (bicyclic) bond motifs is 6. The molecule has 214 valence electrons. The molecule has 7 nitrogen and oxygen atoms in total. The summed E-state index contributed by atoms with van der Waals surface area (Å²) in [7, 11) is 0. The van der Waals surface area contributed by atoms with Crippen molar-refractivity contribution in [1.29, 1.82) is 0 Å². The van der Waals surface area contributed by atoms with E-state index in [1.54, 1.807) is 0 Å². The van der Waals surface area contributed by atoms with Crippen molar-refractivity contribution in [2.75, 3.05) is 6.54 Å². The van der Waals surface area contributed by atoms with Crippen molar-refractivity contribution < 1.29 is 14.3 Å². The first-order valence-corrected chi connectivity index (χ1v) is 15.2. The standard InChI is InChI=1S/C33H44N4O3/c1-20(2)30(34)31(39)35-18-29(38)40-22-13-15-32(3)21(17-22)9-10-23-24-11-12-28(33(24,4)16-14-25(23)32)37-19-36-26-7-5-6-8-27(26)37/h5-9,12,19-20,22-25,30H,10-11,13-18,34H2,1-4H3,(H,35,39)/t22-,23?,24?,25?,30?,32-,33-/m0/s1. The van der Waals surface area contributed by atoms with Crippen LogP contribution in [0.5, 0.6) is 0 Å². The van der Waals surface area contributed by atoms with Crippen molar-refractivity contribution >= 4 is 28.6 Å². The largest absolute Gasteiger partial charge is 0.461 e. The van der Waals surface area contributed by atoms with Crippen LogP contribution in [0.3, 0.4) is 0 Å². The van der Waals surface area contributed by atoms with Gasteiger partial charge in [-0.25, -0.2) is 4.98 Å².